The quantitative estimate of drug-likeness (QED) is 0.787. The molecule has 8 heteroatoms. The van der Waals surface area contributed by atoms with Crippen molar-refractivity contribution in [2.45, 2.75) is 38.5 Å². The number of halogens is 1. The zero-order chi connectivity index (χ0) is 20.5. The molecule has 2 N–H and O–H groups in total. The van der Waals surface area contributed by atoms with E-state index in [1.807, 2.05) is 13.8 Å². The largest absolute Gasteiger partial charge is 0.342 e. The Labute approximate surface area is 163 Å². The molecule has 3 rings (SSSR count). The molecule has 148 valence electrons. The van der Waals surface area contributed by atoms with Gasteiger partial charge in [0.15, 0.2) is 0 Å². The van der Waals surface area contributed by atoms with E-state index in [4.69, 9.17) is 0 Å². The summed E-state index contributed by atoms with van der Waals surface area (Å²) in [7, 11) is -3.77. The predicted molar refractivity (Wildman–Crippen MR) is 107 cm³/mol. The Balaban J connectivity index is 1.69. The van der Waals surface area contributed by atoms with E-state index in [2.05, 4.69) is 15.0 Å². The van der Waals surface area contributed by atoms with E-state index in [1.54, 1.807) is 37.3 Å². The molecule has 1 aliphatic heterocycles. The summed E-state index contributed by atoms with van der Waals surface area (Å²) in [5.41, 5.74) is 0.790. The van der Waals surface area contributed by atoms with E-state index in [-0.39, 0.29) is 35.3 Å². The van der Waals surface area contributed by atoms with Gasteiger partial charge in [-0.25, -0.2) is 4.39 Å². The van der Waals surface area contributed by atoms with Gasteiger partial charge in [0, 0.05) is 18.5 Å². The van der Waals surface area contributed by atoms with Crippen molar-refractivity contribution >= 4 is 33.1 Å². The maximum Gasteiger partial charge on any atom is 0.286 e. The number of amides is 1. The molecule has 28 heavy (non-hydrogen) atoms. The van der Waals surface area contributed by atoms with Crippen molar-refractivity contribution < 1.29 is 17.6 Å². The molecule has 0 unspecified atom stereocenters. The Morgan fingerprint density at radius 3 is 2.64 bits per heavy atom. The van der Waals surface area contributed by atoms with Gasteiger partial charge in [-0.05, 0) is 42.2 Å². The number of para-hydroxylation sites is 1. The number of amidine groups is 1. The topological polar surface area (TPSA) is 87.6 Å². The number of nitrogens with one attached hydrogen (secondary N) is 2. The lowest BCUT2D eigenvalue weighted by Gasteiger charge is -2.27. The van der Waals surface area contributed by atoms with Crippen LogP contribution in [0.25, 0.3) is 0 Å². The summed E-state index contributed by atoms with van der Waals surface area (Å²) in [6, 6.07) is 11.1. The van der Waals surface area contributed by atoms with Gasteiger partial charge in [0.25, 0.3) is 10.0 Å². The van der Waals surface area contributed by atoms with E-state index in [0.717, 1.165) is 0 Å². The second-order valence-corrected chi connectivity index (χ2v) is 9.24. The van der Waals surface area contributed by atoms with Crippen molar-refractivity contribution in [1.29, 1.82) is 0 Å². The number of benzene rings is 2. The molecule has 0 aliphatic carbocycles. The standard InChI is InChI=1S/C20H22FN3O3S/c1-13-8-9-14(10-15(13)21)22-19(25)12-20(2,3)11-18-23-16-6-4-5-7-17(16)28(26,27)24-18/h4-10H,11-12H2,1-3H3,(H,22,25)(H,23,24). The molecule has 0 fully saturated rings. The fourth-order valence-electron chi connectivity index (χ4n) is 3.07. The van der Waals surface area contributed by atoms with E-state index < -0.39 is 15.4 Å². The molecule has 2 aromatic carbocycles. The molecule has 0 atom stereocenters. The van der Waals surface area contributed by atoms with Crippen LogP contribution in [0, 0.1) is 18.2 Å². The van der Waals surface area contributed by atoms with Crippen LogP contribution >= 0.6 is 0 Å². The zero-order valence-corrected chi connectivity index (χ0v) is 16.7. The minimum Gasteiger partial charge on any atom is -0.342 e. The second kappa shape index (κ2) is 7.35. The van der Waals surface area contributed by atoms with Crippen molar-refractivity contribution in [2.75, 3.05) is 10.6 Å². The Morgan fingerprint density at radius 1 is 1.21 bits per heavy atom. The number of aryl methyl sites for hydroxylation is 1. The molecule has 0 bridgehead atoms. The normalized spacial score (nSPS) is 15.2. The van der Waals surface area contributed by atoms with Crippen LogP contribution < -0.4 is 10.6 Å². The number of fused-ring (bicyclic) bond motifs is 1. The van der Waals surface area contributed by atoms with Gasteiger partial charge < -0.3 is 10.6 Å². The van der Waals surface area contributed by atoms with Gasteiger partial charge in [0.2, 0.25) is 5.91 Å². The molecular formula is C20H22FN3O3S. The molecule has 2 aromatic rings. The van der Waals surface area contributed by atoms with Gasteiger partial charge in [-0.15, -0.1) is 4.40 Å². The minimum atomic E-state index is -3.77. The van der Waals surface area contributed by atoms with Crippen LogP contribution in [0.15, 0.2) is 51.8 Å². The minimum absolute atomic E-state index is 0.116. The van der Waals surface area contributed by atoms with Crippen LogP contribution in [-0.2, 0) is 14.8 Å². The smallest absolute Gasteiger partial charge is 0.286 e. The Hall–Kier alpha value is -2.74. The van der Waals surface area contributed by atoms with Crippen LogP contribution in [0.2, 0.25) is 0 Å². The first-order valence-corrected chi connectivity index (χ1v) is 10.3. The van der Waals surface area contributed by atoms with Crippen molar-refractivity contribution in [3.05, 3.63) is 53.8 Å². The molecule has 0 spiro atoms. The second-order valence-electron chi connectivity index (χ2n) is 7.66. The van der Waals surface area contributed by atoms with Crippen molar-refractivity contribution in [3.8, 4) is 0 Å². The highest BCUT2D eigenvalue weighted by atomic mass is 32.2. The third-order valence-corrected chi connectivity index (χ3v) is 5.79. The number of hydrogen-bond donors (Lipinski definition) is 2. The van der Waals surface area contributed by atoms with E-state index in [9.17, 15) is 17.6 Å². The zero-order valence-electron chi connectivity index (χ0n) is 15.9. The summed E-state index contributed by atoms with van der Waals surface area (Å²) < 4.78 is 42.2. The number of sulfonamides is 1. The number of hydrogen-bond acceptors (Lipinski definition) is 4. The fraction of sp³-hybridized carbons (Fsp3) is 0.300. The Kier molecular flexibility index (Phi) is 5.25. The molecule has 0 saturated carbocycles. The Bertz CT molecular complexity index is 1060. The number of rotatable bonds is 5. The van der Waals surface area contributed by atoms with Crippen molar-refractivity contribution in [3.63, 3.8) is 0 Å². The van der Waals surface area contributed by atoms with E-state index in [1.165, 1.54) is 12.1 Å². The number of carbonyl (C=O) groups excluding carboxylic acids is 1. The third kappa shape index (κ3) is 4.56. The summed E-state index contributed by atoms with van der Waals surface area (Å²) in [5, 5.41) is 5.71. The molecule has 0 radical (unpaired) electrons. The van der Waals surface area contributed by atoms with Crippen LogP contribution in [0.5, 0.6) is 0 Å². The molecule has 1 amide bonds. The number of carbonyl (C=O) groups is 1. The maximum absolute atomic E-state index is 13.6. The fourth-order valence-corrected chi connectivity index (χ4v) is 4.22. The molecule has 0 aromatic heterocycles. The highest BCUT2D eigenvalue weighted by Crippen LogP contribution is 2.32. The average molecular weight is 403 g/mol. The van der Waals surface area contributed by atoms with Crippen LogP contribution in [0.1, 0.15) is 32.3 Å². The summed E-state index contributed by atoms with van der Waals surface area (Å²) in [6.45, 7) is 5.34. The van der Waals surface area contributed by atoms with Gasteiger partial charge >= 0.3 is 0 Å². The lowest BCUT2D eigenvalue weighted by atomic mass is 9.84. The van der Waals surface area contributed by atoms with Crippen LogP contribution in [0.4, 0.5) is 15.8 Å². The molecule has 0 saturated heterocycles. The monoisotopic (exact) mass is 403 g/mol. The Morgan fingerprint density at radius 2 is 1.93 bits per heavy atom. The number of anilines is 2. The molecular weight excluding hydrogens is 381 g/mol. The summed E-state index contributed by atoms with van der Waals surface area (Å²) >= 11 is 0. The van der Waals surface area contributed by atoms with Crippen molar-refractivity contribution in [2.24, 2.45) is 9.81 Å². The third-order valence-electron chi connectivity index (χ3n) is 4.41. The predicted octanol–water partition coefficient (Wildman–Crippen LogP) is 4.09. The average Bonchev–Trinajstić information content (AvgIpc) is 2.56. The SMILES string of the molecule is Cc1ccc(NC(=O)CC(C)(C)CC2=NS(=O)(=O)c3ccccc3N2)cc1F. The van der Waals surface area contributed by atoms with Gasteiger partial charge in [0.1, 0.15) is 16.5 Å². The van der Waals surface area contributed by atoms with E-state index in [0.29, 0.717) is 16.9 Å². The van der Waals surface area contributed by atoms with Gasteiger partial charge in [0.05, 0.1) is 5.69 Å². The van der Waals surface area contributed by atoms with Gasteiger partial charge in [-0.1, -0.05) is 32.0 Å². The first-order chi connectivity index (χ1) is 13.1. The molecule has 1 aliphatic rings. The lowest BCUT2D eigenvalue weighted by molar-refractivity contribution is -0.117. The van der Waals surface area contributed by atoms with Gasteiger partial charge in [-0.3, -0.25) is 4.79 Å². The summed E-state index contributed by atoms with van der Waals surface area (Å²) in [6.07, 6.45) is 0.376. The molecule has 1 heterocycles. The first-order valence-electron chi connectivity index (χ1n) is 8.82. The highest BCUT2D eigenvalue weighted by Gasteiger charge is 2.30. The highest BCUT2D eigenvalue weighted by molar-refractivity contribution is 7.90. The lowest BCUT2D eigenvalue weighted by Crippen LogP contribution is -2.30. The summed E-state index contributed by atoms with van der Waals surface area (Å²) in [4.78, 5) is 12.5. The van der Waals surface area contributed by atoms with Crippen LogP contribution in [-0.4, -0.2) is 20.2 Å². The first kappa shape index (κ1) is 20.0. The maximum atomic E-state index is 13.6. The summed E-state index contributed by atoms with van der Waals surface area (Å²) in [5.74, 6) is -0.382. The van der Waals surface area contributed by atoms with Crippen LogP contribution in [0.3, 0.4) is 0 Å². The van der Waals surface area contributed by atoms with E-state index >= 15 is 0 Å². The molecule has 6 nitrogen and oxygen atoms in total. The van der Waals surface area contributed by atoms with Gasteiger partial charge in [-0.2, -0.15) is 8.42 Å². The number of nitrogens with zero attached hydrogens (tertiary/aromatic N) is 1. The van der Waals surface area contributed by atoms with Crippen molar-refractivity contribution in [1.82, 2.24) is 0 Å².